The van der Waals surface area contributed by atoms with E-state index in [1.807, 2.05) is 0 Å². The predicted molar refractivity (Wildman–Crippen MR) is 115 cm³/mol. The normalized spacial score (nSPS) is 14.8. The highest BCUT2D eigenvalue weighted by molar-refractivity contribution is 7.91. The van der Waals surface area contributed by atoms with Gasteiger partial charge in [-0.2, -0.15) is 0 Å². The van der Waals surface area contributed by atoms with Crippen molar-refractivity contribution < 1.29 is 17.9 Å². The van der Waals surface area contributed by atoms with Crippen LogP contribution in [0.1, 0.15) is 5.56 Å². The summed E-state index contributed by atoms with van der Waals surface area (Å²) >= 11 is 5.92. The van der Waals surface area contributed by atoms with Crippen LogP contribution in [0.25, 0.3) is 6.08 Å². The van der Waals surface area contributed by atoms with E-state index in [2.05, 4.69) is 15.3 Å². The van der Waals surface area contributed by atoms with Gasteiger partial charge in [-0.05, 0) is 42.0 Å². The molecule has 4 rings (SSSR count). The van der Waals surface area contributed by atoms with E-state index in [-0.39, 0.29) is 28.0 Å². The van der Waals surface area contributed by atoms with Crippen molar-refractivity contribution in [3.63, 3.8) is 0 Å². The number of methoxy groups -OCH3 is 1. The van der Waals surface area contributed by atoms with E-state index in [9.17, 15) is 13.2 Å². The Kier molecular flexibility index (Phi) is 5.75. The molecule has 0 radical (unpaired) electrons. The molecule has 0 aliphatic carbocycles. The first-order valence-corrected chi connectivity index (χ1v) is 11.2. The summed E-state index contributed by atoms with van der Waals surface area (Å²) in [6, 6.07) is 11.8. The first kappa shape index (κ1) is 21.0. The van der Waals surface area contributed by atoms with Gasteiger partial charge in [-0.15, -0.1) is 0 Å². The Morgan fingerprint density at radius 1 is 1.16 bits per heavy atom. The van der Waals surface area contributed by atoms with Crippen LogP contribution in [0.4, 0.5) is 0 Å². The van der Waals surface area contributed by atoms with Crippen LogP contribution in [-0.4, -0.2) is 32.5 Å². The maximum absolute atomic E-state index is 13.0. The molecule has 9 heteroatoms. The first-order valence-electron chi connectivity index (χ1n) is 9.33. The van der Waals surface area contributed by atoms with E-state index >= 15 is 0 Å². The lowest BCUT2D eigenvalue weighted by molar-refractivity contribution is -0.121. The van der Waals surface area contributed by atoms with Gasteiger partial charge >= 0.3 is 0 Å². The second-order valence-corrected chi connectivity index (χ2v) is 9.19. The number of amides is 1. The molecule has 0 saturated carbocycles. The number of nitrogens with zero attached hydrogens (tertiary/aromatic N) is 2. The molecule has 1 atom stereocenters. The molecule has 1 aromatic heterocycles. The van der Waals surface area contributed by atoms with Gasteiger partial charge in [0.25, 0.3) is 0 Å². The molecule has 2 heterocycles. The number of rotatable bonds is 6. The largest absolute Gasteiger partial charge is 0.495 e. The molecular weight excluding hydrogens is 438 g/mol. The highest BCUT2D eigenvalue weighted by Crippen LogP contribution is 2.31. The summed E-state index contributed by atoms with van der Waals surface area (Å²) in [6.45, 7) is 0.248. The van der Waals surface area contributed by atoms with Crippen LogP contribution in [0, 0.1) is 0 Å². The number of carbonyl (C=O) groups is 1. The zero-order chi connectivity index (χ0) is 22.0. The summed E-state index contributed by atoms with van der Waals surface area (Å²) in [7, 11) is -2.40. The number of ether oxygens (including phenoxy) is 1. The topological polar surface area (TPSA) is 97.7 Å². The third-order valence-corrected chi connectivity index (χ3v) is 6.87. The van der Waals surface area contributed by atoms with Crippen LogP contribution in [0.15, 0.2) is 75.7 Å². The summed E-state index contributed by atoms with van der Waals surface area (Å²) < 4.78 is 31.1. The molecule has 1 unspecified atom stereocenters. The number of hydrogen-bond donors (Lipinski definition) is 1. The van der Waals surface area contributed by atoms with Gasteiger partial charge in [-0.3, -0.25) is 14.8 Å². The Bertz CT molecular complexity index is 1340. The number of carbonyl (C=O) groups excluding carboxylic acids is 1. The van der Waals surface area contributed by atoms with Gasteiger partial charge in [0.05, 0.1) is 17.4 Å². The highest BCUT2D eigenvalue weighted by atomic mass is 35.5. The Morgan fingerprint density at radius 2 is 1.94 bits per heavy atom. The zero-order valence-electron chi connectivity index (χ0n) is 16.4. The fraction of sp³-hybridized carbons (Fsp3) is 0.136. The fourth-order valence-corrected chi connectivity index (χ4v) is 4.77. The zero-order valence-corrected chi connectivity index (χ0v) is 18.0. The van der Waals surface area contributed by atoms with Gasteiger partial charge in [0.2, 0.25) is 15.7 Å². The summed E-state index contributed by atoms with van der Waals surface area (Å²) in [5.74, 6) is -0.0598. The number of sulfone groups is 1. The summed E-state index contributed by atoms with van der Waals surface area (Å²) in [6.07, 6.45) is 5.06. The van der Waals surface area contributed by atoms with Gasteiger partial charge in [-0.25, -0.2) is 8.42 Å². The monoisotopic (exact) mass is 455 g/mol. The van der Waals surface area contributed by atoms with Gasteiger partial charge in [-0.1, -0.05) is 23.7 Å². The maximum atomic E-state index is 13.0. The smallest absolute Gasteiger partial charge is 0.249 e. The van der Waals surface area contributed by atoms with Crippen molar-refractivity contribution in [2.45, 2.75) is 22.4 Å². The average molecular weight is 456 g/mol. The Labute approximate surface area is 184 Å². The van der Waals surface area contributed by atoms with Crippen molar-refractivity contribution in [3.8, 4) is 5.75 Å². The van der Waals surface area contributed by atoms with Crippen LogP contribution in [0.2, 0.25) is 5.02 Å². The Morgan fingerprint density at radius 3 is 2.65 bits per heavy atom. The molecule has 7 nitrogen and oxygen atoms in total. The van der Waals surface area contributed by atoms with Gasteiger partial charge in [0, 0.05) is 35.2 Å². The van der Waals surface area contributed by atoms with Crippen LogP contribution in [-0.2, 0) is 21.2 Å². The molecule has 1 amide bonds. The molecule has 1 aliphatic rings. The second kappa shape index (κ2) is 8.49. The number of hydrogen-bond acceptors (Lipinski definition) is 6. The van der Waals surface area contributed by atoms with Gasteiger partial charge < -0.3 is 10.1 Å². The van der Waals surface area contributed by atoms with Crippen molar-refractivity contribution in [2.75, 3.05) is 7.11 Å². The summed E-state index contributed by atoms with van der Waals surface area (Å²) in [5.41, 5.74) is 0.757. The quantitative estimate of drug-likeness (QED) is 0.609. The lowest BCUT2D eigenvalue weighted by Gasteiger charge is -2.11. The minimum absolute atomic E-state index is 0.0351. The van der Waals surface area contributed by atoms with Crippen molar-refractivity contribution in [3.05, 3.63) is 82.1 Å². The van der Waals surface area contributed by atoms with Crippen LogP contribution >= 0.6 is 11.6 Å². The van der Waals surface area contributed by atoms with E-state index in [1.165, 1.54) is 37.4 Å². The number of aromatic nitrogens is 1. The SMILES string of the molecule is COc1cc(Cl)ccc1S(=O)(=O)c1ccc(CNC(=O)C2C=c3cnccc3=N2)cc1. The molecule has 0 saturated heterocycles. The predicted octanol–water partition coefficient (Wildman–Crippen LogP) is 1.68. The molecule has 31 heavy (non-hydrogen) atoms. The van der Waals surface area contributed by atoms with E-state index in [1.54, 1.807) is 36.7 Å². The summed E-state index contributed by atoms with van der Waals surface area (Å²) in [5, 5.41) is 4.77. The van der Waals surface area contributed by atoms with Crippen LogP contribution < -0.4 is 20.6 Å². The Balaban J connectivity index is 1.46. The maximum Gasteiger partial charge on any atom is 0.249 e. The molecular formula is C22H18ClN3O4S. The summed E-state index contributed by atoms with van der Waals surface area (Å²) in [4.78, 5) is 21.0. The van der Waals surface area contributed by atoms with Gasteiger partial charge in [0.15, 0.2) is 0 Å². The molecule has 158 valence electrons. The molecule has 0 spiro atoms. The molecule has 0 bridgehead atoms. The Hall–Kier alpha value is -3.23. The van der Waals surface area contributed by atoms with Gasteiger partial charge in [0.1, 0.15) is 16.7 Å². The number of fused-ring (bicyclic) bond motifs is 1. The number of nitrogens with one attached hydrogen (secondary N) is 1. The molecule has 1 N–H and O–H groups in total. The lowest BCUT2D eigenvalue weighted by Crippen LogP contribution is -2.31. The number of halogens is 1. The van der Waals surface area contributed by atoms with Crippen LogP contribution in [0.5, 0.6) is 5.75 Å². The average Bonchev–Trinajstić information content (AvgIpc) is 3.22. The first-order chi connectivity index (χ1) is 14.9. The molecule has 0 fully saturated rings. The third kappa shape index (κ3) is 4.30. The minimum Gasteiger partial charge on any atom is -0.495 e. The highest BCUT2D eigenvalue weighted by Gasteiger charge is 2.22. The van der Waals surface area contributed by atoms with E-state index < -0.39 is 15.9 Å². The second-order valence-electron chi connectivity index (χ2n) is 6.84. The van der Waals surface area contributed by atoms with Crippen molar-refractivity contribution in [1.82, 2.24) is 10.3 Å². The molecule has 2 aromatic carbocycles. The fourth-order valence-electron chi connectivity index (χ4n) is 3.21. The van der Waals surface area contributed by atoms with Crippen molar-refractivity contribution in [2.24, 2.45) is 4.99 Å². The molecule has 1 aliphatic heterocycles. The third-order valence-electron chi connectivity index (χ3n) is 4.83. The van der Waals surface area contributed by atoms with Crippen molar-refractivity contribution >= 4 is 33.4 Å². The minimum atomic E-state index is -3.79. The van der Waals surface area contributed by atoms with Crippen LogP contribution in [0.3, 0.4) is 0 Å². The van der Waals surface area contributed by atoms with Crippen molar-refractivity contribution in [1.29, 1.82) is 0 Å². The lowest BCUT2D eigenvalue weighted by atomic mass is 10.2. The standard InChI is InChI=1S/C22H18ClN3O4S/c1-30-20-11-16(23)4-7-21(20)31(28,29)17-5-2-14(3-6-17)12-25-22(27)19-10-15-13-24-9-8-18(15)26-19/h2-11,13,19H,12H2,1H3,(H,25,27). The van der Waals surface area contributed by atoms with E-state index in [0.717, 1.165) is 16.1 Å². The number of benzene rings is 2. The van der Waals surface area contributed by atoms with E-state index in [0.29, 0.717) is 5.02 Å². The number of pyridine rings is 1. The van der Waals surface area contributed by atoms with E-state index in [4.69, 9.17) is 16.3 Å². The molecule has 3 aromatic rings.